The van der Waals surface area contributed by atoms with Crippen LogP contribution in [0.3, 0.4) is 0 Å². The second-order valence-corrected chi connectivity index (χ2v) is 16.6. The van der Waals surface area contributed by atoms with Gasteiger partial charge in [-0.15, -0.1) is 0 Å². The summed E-state index contributed by atoms with van der Waals surface area (Å²) in [4.78, 5) is 125. The van der Waals surface area contributed by atoms with E-state index in [0.29, 0.717) is 25.7 Å². The molecule has 326 valence electrons. The third kappa shape index (κ3) is 9.74. The van der Waals surface area contributed by atoms with Gasteiger partial charge in [0.05, 0.1) is 50.0 Å². The molecule has 6 fully saturated rings. The lowest BCUT2D eigenvalue weighted by atomic mass is 10.0. The van der Waals surface area contributed by atoms with E-state index in [1.165, 1.54) is 26.5 Å². The molecule has 0 aliphatic carbocycles. The van der Waals surface area contributed by atoms with Crippen LogP contribution in [0.1, 0.15) is 71.1 Å². The predicted octanol–water partition coefficient (Wildman–Crippen LogP) is -4.77. The lowest BCUT2D eigenvalue weighted by molar-refractivity contribution is -0.148. The number of aliphatic hydroxyl groups is 3. The van der Waals surface area contributed by atoms with E-state index in [2.05, 4.69) is 16.1 Å². The highest BCUT2D eigenvalue weighted by Crippen LogP contribution is 2.28. The van der Waals surface area contributed by atoms with Gasteiger partial charge in [-0.2, -0.15) is 0 Å². The lowest BCUT2D eigenvalue weighted by Gasteiger charge is -2.32. The maximum atomic E-state index is 13.7. The Kier molecular flexibility index (Phi) is 14.0. The fourth-order valence-electron chi connectivity index (χ4n) is 9.32. The van der Waals surface area contributed by atoms with Crippen LogP contribution in [0.5, 0.6) is 0 Å². The number of nitrogens with one attached hydrogen (secondary N) is 3. The van der Waals surface area contributed by atoms with Gasteiger partial charge in [0.1, 0.15) is 30.0 Å². The highest BCUT2D eigenvalue weighted by atomic mass is 16.3. The third-order valence-electron chi connectivity index (χ3n) is 12.4. The van der Waals surface area contributed by atoms with Crippen LogP contribution >= 0.6 is 0 Å². The first-order valence-electron chi connectivity index (χ1n) is 20.6. The Morgan fingerprint density at radius 1 is 0.593 bits per heavy atom. The first-order chi connectivity index (χ1) is 28.0. The minimum absolute atomic E-state index is 0.0266. The number of likely N-dealkylation sites (N-methyl/N-ethyl adjacent to an activating group) is 1. The molecule has 0 aromatic rings. The van der Waals surface area contributed by atoms with E-state index < -0.39 is 90.5 Å². The Balaban J connectivity index is 0.972. The summed E-state index contributed by atoms with van der Waals surface area (Å²) in [6.45, 7) is 1.51. The normalized spacial score (nSPS) is 30.9. The van der Waals surface area contributed by atoms with Gasteiger partial charge < -0.3 is 45.6 Å². The Bertz CT molecular complexity index is 1700. The van der Waals surface area contributed by atoms with Crippen LogP contribution in [0.2, 0.25) is 0 Å². The average molecular weight is 832 g/mol. The van der Waals surface area contributed by atoms with Crippen LogP contribution in [0, 0.1) is 0 Å². The minimum Gasteiger partial charge on any atom is -0.391 e. The number of aliphatic hydroxyl groups excluding tert-OH is 3. The maximum absolute atomic E-state index is 13.7. The van der Waals surface area contributed by atoms with E-state index in [4.69, 9.17) is 0 Å². The Morgan fingerprint density at radius 2 is 1.14 bits per heavy atom. The molecule has 9 atom stereocenters. The molecular formula is C38H57N9O12. The van der Waals surface area contributed by atoms with Crippen LogP contribution in [0.15, 0.2) is 0 Å². The molecule has 59 heavy (non-hydrogen) atoms. The zero-order chi connectivity index (χ0) is 42.7. The molecule has 21 nitrogen and oxygen atoms in total. The number of likely N-dealkylation sites (tertiary alicyclic amines) is 5. The SMILES string of the molecule is CC(=O)CNC(=O)C1CC(O)CN1C(=O)C1CCCN1C(=O)C1NN(C(=O)CCC(=O)C2CCCN2C(=O)CNC(=O)C2CC(O)CN2C(=O)C2CCCN2C)CC1O. The number of amides is 7. The van der Waals surface area contributed by atoms with Crippen LogP contribution in [-0.4, -0.2) is 212 Å². The summed E-state index contributed by atoms with van der Waals surface area (Å²) in [6.07, 6.45) is -0.514. The van der Waals surface area contributed by atoms with Crippen LogP contribution in [0.4, 0.5) is 0 Å². The quantitative estimate of drug-likeness (QED) is 0.102. The number of β-amino-alcohol motifs (C(OH)–C–C–N with tert-alkyl or cyclic N) is 3. The second-order valence-electron chi connectivity index (χ2n) is 16.6. The molecule has 0 radical (unpaired) electrons. The number of Topliss-reactive ketones (excluding diaryl/α,β-unsaturated/α-hetero) is 2. The van der Waals surface area contributed by atoms with Crippen LogP contribution in [-0.2, 0) is 43.2 Å². The van der Waals surface area contributed by atoms with Gasteiger partial charge in [0.25, 0.3) is 0 Å². The highest BCUT2D eigenvalue weighted by Gasteiger charge is 2.49. The molecule has 7 amide bonds. The smallest absolute Gasteiger partial charge is 0.246 e. The number of rotatable bonds is 13. The van der Waals surface area contributed by atoms with Crippen molar-refractivity contribution in [3.05, 3.63) is 0 Å². The summed E-state index contributed by atoms with van der Waals surface area (Å²) in [5, 5.41) is 37.6. The van der Waals surface area contributed by atoms with E-state index in [1.807, 2.05) is 11.9 Å². The zero-order valence-corrected chi connectivity index (χ0v) is 33.6. The van der Waals surface area contributed by atoms with E-state index in [0.717, 1.165) is 18.0 Å². The van der Waals surface area contributed by atoms with Crippen molar-refractivity contribution in [1.82, 2.24) is 45.6 Å². The summed E-state index contributed by atoms with van der Waals surface area (Å²) < 4.78 is 0. The molecule has 6 N–H and O–H groups in total. The van der Waals surface area contributed by atoms with Gasteiger partial charge in [-0.1, -0.05) is 0 Å². The molecule has 6 aliphatic rings. The van der Waals surface area contributed by atoms with Crippen molar-refractivity contribution in [3.8, 4) is 0 Å². The molecule has 9 unspecified atom stereocenters. The summed E-state index contributed by atoms with van der Waals surface area (Å²) in [7, 11) is 1.84. The van der Waals surface area contributed by atoms with Gasteiger partial charge in [0, 0.05) is 51.9 Å². The van der Waals surface area contributed by atoms with Gasteiger partial charge in [0.15, 0.2) is 5.78 Å². The average Bonchev–Trinajstić information content (AvgIpc) is 4.06. The molecule has 21 heteroatoms. The molecule has 6 heterocycles. The summed E-state index contributed by atoms with van der Waals surface area (Å²) in [6, 6.07) is -5.39. The maximum Gasteiger partial charge on any atom is 0.246 e. The Morgan fingerprint density at radius 3 is 1.73 bits per heavy atom. The summed E-state index contributed by atoms with van der Waals surface area (Å²) >= 11 is 0. The number of carbonyl (C=O) groups is 9. The topological polar surface area (TPSA) is 270 Å². The molecule has 0 aromatic heterocycles. The largest absolute Gasteiger partial charge is 0.391 e. The fraction of sp³-hybridized carbons (Fsp3) is 0.763. The van der Waals surface area contributed by atoms with Crippen molar-refractivity contribution in [3.63, 3.8) is 0 Å². The molecule has 6 saturated heterocycles. The van der Waals surface area contributed by atoms with Crippen LogP contribution < -0.4 is 16.1 Å². The first kappa shape index (κ1) is 44.0. The monoisotopic (exact) mass is 831 g/mol. The third-order valence-corrected chi connectivity index (χ3v) is 12.4. The fourth-order valence-corrected chi connectivity index (χ4v) is 9.32. The first-order valence-corrected chi connectivity index (χ1v) is 20.6. The lowest BCUT2D eigenvalue weighted by Crippen LogP contribution is -2.57. The molecule has 0 aromatic carbocycles. The van der Waals surface area contributed by atoms with Gasteiger partial charge in [0.2, 0.25) is 41.4 Å². The summed E-state index contributed by atoms with van der Waals surface area (Å²) in [5.41, 5.74) is 2.73. The predicted molar refractivity (Wildman–Crippen MR) is 203 cm³/mol. The van der Waals surface area contributed by atoms with Crippen molar-refractivity contribution in [2.24, 2.45) is 0 Å². The van der Waals surface area contributed by atoms with Crippen molar-refractivity contribution in [1.29, 1.82) is 0 Å². The van der Waals surface area contributed by atoms with Crippen molar-refractivity contribution in [2.75, 3.05) is 59.4 Å². The van der Waals surface area contributed by atoms with E-state index in [-0.39, 0.29) is 94.9 Å². The number of hydrogen-bond donors (Lipinski definition) is 6. The number of hydrogen-bond acceptors (Lipinski definition) is 14. The Labute approximate surface area is 341 Å². The van der Waals surface area contributed by atoms with Crippen molar-refractivity contribution < 1.29 is 58.5 Å². The van der Waals surface area contributed by atoms with Crippen molar-refractivity contribution >= 4 is 52.9 Å². The van der Waals surface area contributed by atoms with E-state index in [9.17, 15) is 58.5 Å². The summed E-state index contributed by atoms with van der Waals surface area (Å²) in [5.74, 6) is -4.27. The number of hydrazine groups is 1. The zero-order valence-electron chi connectivity index (χ0n) is 33.6. The van der Waals surface area contributed by atoms with Crippen LogP contribution in [0.25, 0.3) is 0 Å². The highest BCUT2D eigenvalue weighted by molar-refractivity contribution is 5.97. The number of carbonyl (C=O) groups excluding carboxylic acids is 9. The molecular weight excluding hydrogens is 774 g/mol. The molecule has 0 saturated carbocycles. The number of ketones is 2. The van der Waals surface area contributed by atoms with Gasteiger partial charge in [-0.05, 0) is 59.0 Å². The van der Waals surface area contributed by atoms with Gasteiger partial charge in [-0.25, -0.2) is 5.43 Å². The molecule has 0 bridgehead atoms. The number of nitrogens with zero attached hydrogens (tertiary/aromatic N) is 6. The standard InChI is InChI=1S/C38H57N9O12/c1-21(48)16-39-34(55)27-14-23(50)19-46(27)37(58)26-8-5-13-44(26)38(59)33-30(52)20-47(41-33)31(53)10-9-29(51)24-6-4-12-43(24)32(54)17-40-35(56)28-15-22(49)18-45(28)36(57)25-7-3-11-42(25)2/h22-28,30,33,41,49-50,52H,3-20H2,1-2H3,(H,39,55)(H,40,56). The van der Waals surface area contributed by atoms with Gasteiger partial charge in [-0.3, -0.25) is 53.1 Å². The Hall–Kier alpha value is -4.57. The molecule has 0 spiro atoms. The minimum atomic E-state index is -1.34. The molecule has 6 aliphatic heterocycles. The second kappa shape index (κ2) is 18.8. The van der Waals surface area contributed by atoms with Crippen molar-refractivity contribution in [2.45, 2.75) is 126 Å². The van der Waals surface area contributed by atoms with E-state index in [1.54, 1.807) is 0 Å². The molecule has 6 rings (SSSR count). The van der Waals surface area contributed by atoms with E-state index >= 15 is 0 Å². The van der Waals surface area contributed by atoms with Gasteiger partial charge >= 0.3 is 0 Å².